The topological polar surface area (TPSA) is 6.48 Å². The van der Waals surface area contributed by atoms with Gasteiger partial charge in [-0.2, -0.15) is 0 Å². The van der Waals surface area contributed by atoms with Crippen molar-refractivity contribution in [2.24, 2.45) is 5.92 Å². The summed E-state index contributed by atoms with van der Waals surface area (Å²) < 4.78 is 0. The smallest absolute Gasteiger partial charge is 0.0639 e. The minimum Gasteiger partial charge on any atom is -0.333 e. The number of hydrogen-bond acceptors (Lipinski definition) is 2. The molecular weight excluding hydrogens is 737 g/mol. The molecule has 2 nitrogen and oxygen atoms in total. The minimum absolute atomic E-state index is 0.216. The summed E-state index contributed by atoms with van der Waals surface area (Å²) in [6.45, 7) is 0. The minimum atomic E-state index is -0.256. The second kappa shape index (κ2) is 13.3. The zero-order chi connectivity index (χ0) is 40.1. The lowest BCUT2D eigenvalue weighted by atomic mass is 9.58. The van der Waals surface area contributed by atoms with Gasteiger partial charge in [-0.3, -0.25) is 0 Å². The van der Waals surface area contributed by atoms with Crippen LogP contribution in [0.2, 0.25) is 0 Å². The molecule has 2 heteroatoms. The molecule has 0 bridgehead atoms. The molecule has 0 saturated heterocycles. The molecule has 0 radical (unpaired) electrons. The number of fused-ring (bicyclic) bond motifs is 4. The molecule has 3 atom stereocenters. The van der Waals surface area contributed by atoms with E-state index >= 15 is 0 Å². The summed E-state index contributed by atoms with van der Waals surface area (Å²) in [6.07, 6.45) is 13.9. The SMILES string of the molecule is C1=CCC(C23c4ccccc4-c4ccc5c(c42)C2=c4c3cccc4=CCC2N5c2ccc(N(c3ccc(-c4ccccc4)cc3)c3cccc(-c4ccccc4)c3)cc2)C=C1. The van der Waals surface area contributed by atoms with Crippen molar-refractivity contribution in [3.05, 3.63) is 245 Å². The number of rotatable bonds is 7. The number of nitrogens with zero attached hydrogens (tertiary/aromatic N) is 2. The lowest BCUT2D eigenvalue weighted by Gasteiger charge is -2.43. The standard InChI is InChI=1S/C59H42N2/c1-4-14-39(15-5-1)41-26-29-45(30-27-41)60(48-22-12-19-43(38-48)40-16-6-2-7-17-40)46-31-33-47(34-32-46)61-53-36-28-42-18-13-25-52-55(42)56(53)57-54(61)37-35-50-49-23-10-11-24-51(49)59(52,58(50)57)44-20-8-3-9-21-44/h1-20,22-35,37-38,44,53H,21,36H2. The molecule has 61 heavy (non-hydrogen) atoms. The van der Waals surface area contributed by atoms with Crippen LogP contribution in [0.15, 0.2) is 212 Å². The Balaban J connectivity index is 0.969. The summed E-state index contributed by atoms with van der Waals surface area (Å²) in [5, 5.41) is 2.85. The van der Waals surface area contributed by atoms with E-state index in [0.717, 1.165) is 29.9 Å². The van der Waals surface area contributed by atoms with E-state index < -0.39 is 0 Å². The molecule has 288 valence electrons. The van der Waals surface area contributed by atoms with Crippen LogP contribution in [-0.4, -0.2) is 6.04 Å². The fourth-order valence-electron chi connectivity index (χ4n) is 11.7. The van der Waals surface area contributed by atoms with Gasteiger partial charge >= 0.3 is 0 Å². The first-order chi connectivity index (χ1) is 30.3. The van der Waals surface area contributed by atoms with Gasteiger partial charge in [-0.05, 0) is 139 Å². The van der Waals surface area contributed by atoms with E-state index in [4.69, 9.17) is 0 Å². The number of hydrogen-bond donors (Lipinski definition) is 0. The highest BCUT2D eigenvalue weighted by Crippen LogP contribution is 2.64. The Kier molecular flexibility index (Phi) is 7.51. The average Bonchev–Trinajstić information content (AvgIpc) is 3.84. The van der Waals surface area contributed by atoms with Crippen LogP contribution < -0.4 is 20.2 Å². The first-order valence-electron chi connectivity index (χ1n) is 21.7. The van der Waals surface area contributed by atoms with Crippen LogP contribution in [0.25, 0.3) is 45.0 Å². The third-order valence-corrected chi connectivity index (χ3v) is 14.1. The number of allylic oxidation sites excluding steroid dienone is 4. The van der Waals surface area contributed by atoms with Crippen LogP contribution in [0.4, 0.5) is 28.4 Å². The van der Waals surface area contributed by atoms with E-state index in [-0.39, 0.29) is 11.5 Å². The van der Waals surface area contributed by atoms with Crippen LogP contribution in [0, 0.1) is 5.92 Å². The van der Waals surface area contributed by atoms with Crippen LogP contribution in [0.1, 0.15) is 35.1 Å². The van der Waals surface area contributed by atoms with Gasteiger partial charge in [-0.1, -0.05) is 164 Å². The van der Waals surface area contributed by atoms with Crippen molar-refractivity contribution in [2.75, 3.05) is 9.80 Å². The first-order valence-corrected chi connectivity index (χ1v) is 21.7. The normalized spacial score (nSPS) is 19.3. The molecule has 8 aromatic carbocycles. The molecule has 8 aromatic rings. The van der Waals surface area contributed by atoms with Crippen molar-refractivity contribution in [3.63, 3.8) is 0 Å². The molecule has 4 aliphatic carbocycles. The number of benzene rings is 8. The predicted molar refractivity (Wildman–Crippen MR) is 253 cm³/mol. The van der Waals surface area contributed by atoms with Gasteiger partial charge < -0.3 is 9.80 Å². The molecule has 3 unspecified atom stereocenters. The monoisotopic (exact) mass is 778 g/mol. The molecule has 1 heterocycles. The van der Waals surface area contributed by atoms with Crippen LogP contribution in [0.3, 0.4) is 0 Å². The maximum Gasteiger partial charge on any atom is 0.0639 e. The van der Waals surface area contributed by atoms with E-state index in [1.807, 2.05) is 0 Å². The molecular formula is C59H42N2. The quantitative estimate of drug-likeness (QED) is 0.159. The summed E-state index contributed by atoms with van der Waals surface area (Å²) >= 11 is 0. The van der Waals surface area contributed by atoms with Crippen LogP contribution in [-0.2, 0) is 5.41 Å². The zero-order valence-corrected chi connectivity index (χ0v) is 33.7. The van der Waals surface area contributed by atoms with Crippen molar-refractivity contribution >= 4 is 40.1 Å². The highest BCUT2D eigenvalue weighted by atomic mass is 15.2. The Bertz CT molecular complexity index is 3250. The summed E-state index contributed by atoms with van der Waals surface area (Å²) in [5.74, 6) is 0.321. The van der Waals surface area contributed by atoms with E-state index in [1.165, 1.54) is 83.0 Å². The van der Waals surface area contributed by atoms with Crippen molar-refractivity contribution in [2.45, 2.75) is 24.3 Å². The van der Waals surface area contributed by atoms with E-state index in [1.54, 1.807) is 0 Å². The average molecular weight is 779 g/mol. The van der Waals surface area contributed by atoms with Gasteiger partial charge in [0.2, 0.25) is 0 Å². The van der Waals surface area contributed by atoms with Crippen molar-refractivity contribution in [1.82, 2.24) is 0 Å². The molecule has 1 aliphatic heterocycles. The van der Waals surface area contributed by atoms with E-state index in [2.05, 4.69) is 228 Å². The van der Waals surface area contributed by atoms with Crippen molar-refractivity contribution in [3.8, 4) is 33.4 Å². The van der Waals surface area contributed by atoms with Gasteiger partial charge in [0, 0.05) is 34.0 Å². The van der Waals surface area contributed by atoms with Gasteiger partial charge in [0.1, 0.15) is 0 Å². The Morgan fingerprint density at radius 2 is 1.18 bits per heavy atom. The van der Waals surface area contributed by atoms with Gasteiger partial charge in [0.05, 0.1) is 11.5 Å². The summed E-state index contributed by atoms with van der Waals surface area (Å²) in [4.78, 5) is 5.06. The van der Waals surface area contributed by atoms with E-state index in [0.29, 0.717) is 5.92 Å². The zero-order valence-electron chi connectivity index (χ0n) is 33.7. The van der Waals surface area contributed by atoms with Gasteiger partial charge in [0.15, 0.2) is 0 Å². The molecule has 0 N–H and O–H groups in total. The lowest BCUT2D eigenvalue weighted by molar-refractivity contribution is 0.451. The Labute approximate surface area is 357 Å². The second-order valence-electron chi connectivity index (χ2n) is 17.1. The molecule has 0 fully saturated rings. The molecule has 13 rings (SSSR count). The third kappa shape index (κ3) is 4.91. The highest BCUT2D eigenvalue weighted by Gasteiger charge is 2.56. The van der Waals surface area contributed by atoms with E-state index in [9.17, 15) is 0 Å². The first kappa shape index (κ1) is 34.4. The Hall–Kier alpha value is -7.42. The molecule has 0 saturated carbocycles. The Morgan fingerprint density at radius 3 is 1.95 bits per heavy atom. The maximum atomic E-state index is 2.66. The summed E-state index contributed by atoms with van der Waals surface area (Å²) in [5.41, 5.74) is 20.7. The highest BCUT2D eigenvalue weighted by molar-refractivity contribution is 6.03. The van der Waals surface area contributed by atoms with Gasteiger partial charge in [-0.25, -0.2) is 0 Å². The molecule has 5 aliphatic rings. The summed E-state index contributed by atoms with van der Waals surface area (Å²) in [7, 11) is 0. The second-order valence-corrected chi connectivity index (χ2v) is 17.1. The number of anilines is 5. The third-order valence-electron chi connectivity index (χ3n) is 14.1. The molecule has 0 amide bonds. The molecule has 0 spiro atoms. The largest absolute Gasteiger partial charge is 0.333 e. The van der Waals surface area contributed by atoms with Crippen molar-refractivity contribution < 1.29 is 0 Å². The van der Waals surface area contributed by atoms with Gasteiger partial charge in [-0.15, -0.1) is 0 Å². The lowest BCUT2D eigenvalue weighted by Crippen LogP contribution is -2.50. The van der Waals surface area contributed by atoms with Gasteiger partial charge in [0.25, 0.3) is 0 Å². The molecule has 0 aromatic heterocycles. The van der Waals surface area contributed by atoms with Crippen LogP contribution >= 0.6 is 0 Å². The fourth-order valence-corrected chi connectivity index (χ4v) is 11.7. The van der Waals surface area contributed by atoms with Crippen molar-refractivity contribution in [1.29, 1.82) is 0 Å². The summed E-state index contributed by atoms with van der Waals surface area (Å²) in [6, 6.07) is 70.1. The predicted octanol–water partition coefficient (Wildman–Crippen LogP) is 13.2. The Morgan fingerprint density at radius 1 is 0.508 bits per heavy atom. The van der Waals surface area contributed by atoms with Crippen LogP contribution in [0.5, 0.6) is 0 Å². The maximum absolute atomic E-state index is 2.66. The fraction of sp³-hybridized carbons (Fsp3) is 0.0847.